The first-order valence-corrected chi connectivity index (χ1v) is 11.2. The normalized spacial score (nSPS) is 11.7. The zero-order valence-corrected chi connectivity index (χ0v) is 18.7. The summed E-state index contributed by atoms with van der Waals surface area (Å²) in [6.07, 6.45) is 1.96. The van der Waals surface area contributed by atoms with Crippen molar-refractivity contribution in [1.29, 1.82) is 0 Å². The molecule has 0 saturated heterocycles. The van der Waals surface area contributed by atoms with Gasteiger partial charge in [-0.3, -0.25) is 9.59 Å². The summed E-state index contributed by atoms with van der Waals surface area (Å²) in [5.41, 5.74) is 3.38. The van der Waals surface area contributed by atoms with Crippen LogP contribution in [0.25, 0.3) is 0 Å². The molecule has 0 radical (unpaired) electrons. The third kappa shape index (κ3) is 7.24. The molecule has 0 aliphatic heterocycles. The monoisotopic (exact) mass is 412 g/mol. The molecule has 1 N–H and O–H groups in total. The van der Waals surface area contributed by atoms with Gasteiger partial charge in [-0.05, 0) is 50.5 Å². The van der Waals surface area contributed by atoms with Gasteiger partial charge < -0.3 is 10.2 Å². The number of carbonyl (C=O) groups is 2. The SMILES string of the molecule is CCCCNC(=O)[C@@H](C)N(Cc1ccccc1C)C(=O)CSc1ccc(C)cc1. The fourth-order valence-corrected chi connectivity index (χ4v) is 3.74. The molecule has 0 unspecified atom stereocenters. The number of nitrogens with one attached hydrogen (secondary N) is 1. The smallest absolute Gasteiger partial charge is 0.242 e. The summed E-state index contributed by atoms with van der Waals surface area (Å²) in [5, 5.41) is 2.96. The van der Waals surface area contributed by atoms with Crippen molar-refractivity contribution < 1.29 is 9.59 Å². The fourth-order valence-electron chi connectivity index (χ4n) is 2.95. The molecule has 0 bridgehead atoms. The van der Waals surface area contributed by atoms with Gasteiger partial charge in [-0.2, -0.15) is 0 Å². The van der Waals surface area contributed by atoms with Crippen LogP contribution >= 0.6 is 11.8 Å². The molecule has 2 aromatic rings. The zero-order valence-electron chi connectivity index (χ0n) is 17.9. The van der Waals surface area contributed by atoms with Crippen LogP contribution in [0.4, 0.5) is 0 Å². The van der Waals surface area contributed by atoms with E-state index in [1.165, 1.54) is 17.3 Å². The summed E-state index contributed by atoms with van der Waals surface area (Å²) >= 11 is 1.51. The van der Waals surface area contributed by atoms with Crippen LogP contribution in [0.1, 0.15) is 43.4 Å². The van der Waals surface area contributed by atoms with Gasteiger partial charge in [-0.25, -0.2) is 0 Å². The van der Waals surface area contributed by atoms with Gasteiger partial charge in [0, 0.05) is 18.0 Å². The van der Waals surface area contributed by atoms with E-state index < -0.39 is 6.04 Å². The van der Waals surface area contributed by atoms with Crippen molar-refractivity contribution in [3.63, 3.8) is 0 Å². The quantitative estimate of drug-likeness (QED) is 0.453. The molecular weight excluding hydrogens is 380 g/mol. The Kier molecular flexibility index (Phi) is 9.26. The molecule has 0 aliphatic carbocycles. The number of hydrogen-bond acceptors (Lipinski definition) is 3. The third-order valence-electron chi connectivity index (χ3n) is 4.98. The molecule has 29 heavy (non-hydrogen) atoms. The van der Waals surface area contributed by atoms with Crippen molar-refractivity contribution in [3.05, 3.63) is 65.2 Å². The number of amides is 2. The molecule has 0 heterocycles. The first-order chi connectivity index (χ1) is 13.9. The van der Waals surface area contributed by atoms with Crippen LogP contribution in [0.2, 0.25) is 0 Å². The van der Waals surface area contributed by atoms with Crippen molar-refractivity contribution in [2.45, 2.75) is 58.0 Å². The number of nitrogens with zero attached hydrogens (tertiary/aromatic N) is 1. The van der Waals surface area contributed by atoms with Crippen LogP contribution in [0.5, 0.6) is 0 Å². The lowest BCUT2D eigenvalue weighted by Gasteiger charge is -2.29. The lowest BCUT2D eigenvalue weighted by molar-refractivity contribution is -0.138. The Morgan fingerprint density at radius 3 is 2.41 bits per heavy atom. The number of rotatable bonds is 10. The number of benzene rings is 2. The fraction of sp³-hybridized carbons (Fsp3) is 0.417. The number of unbranched alkanes of at least 4 members (excludes halogenated alkanes) is 1. The molecule has 2 aromatic carbocycles. The van der Waals surface area contributed by atoms with E-state index in [0.29, 0.717) is 18.8 Å². The summed E-state index contributed by atoms with van der Waals surface area (Å²) in [4.78, 5) is 28.5. The Hall–Kier alpha value is -2.27. The minimum absolute atomic E-state index is 0.0306. The molecule has 5 heteroatoms. The molecule has 2 amide bonds. The van der Waals surface area contributed by atoms with E-state index in [4.69, 9.17) is 0 Å². The predicted octanol–water partition coefficient (Wildman–Crippen LogP) is 4.73. The van der Waals surface area contributed by atoms with Gasteiger partial charge >= 0.3 is 0 Å². The lowest BCUT2D eigenvalue weighted by Crippen LogP contribution is -2.48. The van der Waals surface area contributed by atoms with Crippen molar-refractivity contribution >= 4 is 23.6 Å². The zero-order chi connectivity index (χ0) is 21.2. The Morgan fingerprint density at radius 2 is 1.76 bits per heavy atom. The minimum Gasteiger partial charge on any atom is -0.354 e. The minimum atomic E-state index is -0.516. The Balaban J connectivity index is 2.11. The first-order valence-electron chi connectivity index (χ1n) is 10.2. The van der Waals surface area contributed by atoms with E-state index in [1.807, 2.05) is 69.3 Å². The van der Waals surface area contributed by atoms with Crippen LogP contribution in [-0.4, -0.2) is 35.1 Å². The molecule has 0 aliphatic rings. The van der Waals surface area contributed by atoms with E-state index in [1.54, 1.807) is 4.90 Å². The molecular formula is C24H32N2O2S. The maximum absolute atomic E-state index is 13.1. The number of aryl methyl sites for hydroxylation is 2. The lowest BCUT2D eigenvalue weighted by atomic mass is 10.1. The van der Waals surface area contributed by atoms with Crippen LogP contribution < -0.4 is 5.32 Å². The summed E-state index contributed by atoms with van der Waals surface area (Å²) in [5.74, 6) is 0.180. The van der Waals surface area contributed by atoms with Gasteiger partial charge in [-0.15, -0.1) is 11.8 Å². The molecule has 0 spiro atoms. The summed E-state index contributed by atoms with van der Waals surface area (Å²) in [7, 11) is 0. The van der Waals surface area contributed by atoms with E-state index in [0.717, 1.165) is 28.9 Å². The average Bonchev–Trinajstić information content (AvgIpc) is 2.72. The highest BCUT2D eigenvalue weighted by molar-refractivity contribution is 8.00. The Labute approximate surface area is 179 Å². The van der Waals surface area contributed by atoms with Crippen molar-refractivity contribution in [2.75, 3.05) is 12.3 Å². The highest BCUT2D eigenvalue weighted by atomic mass is 32.2. The number of hydrogen-bond donors (Lipinski definition) is 1. The van der Waals surface area contributed by atoms with Gasteiger partial charge in [0.15, 0.2) is 0 Å². The Morgan fingerprint density at radius 1 is 1.07 bits per heavy atom. The maximum atomic E-state index is 13.1. The topological polar surface area (TPSA) is 49.4 Å². The molecule has 0 fully saturated rings. The molecule has 1 atom stereocenters. The van der Waals surface area contributed by atoms with Gasteiger partial charge in [0.1, 0.15) is 6.04 Å². The molecule has 2 rings (SSSR count). The second-order valence-electron chi connectivity index (χ2n) is 7.37. The van der Waals surface area contributed by atoms with Crippen molar-refractivity contribution in [1.82, 2.24) is 10.2 Å². The molecule has 0 aromatic heterocycles. The van der Waals surface area contributed by atoms with Crippen molar-refractivity contribution in [2.24, 2.45) is 0 Å². The largest absolute Gasteiger partial charge is 0.354 e. The van der Waals surface area contributed by atoms with Crippen molar-refractivity contribution in [3.8, 4) is 0 Å². The first kappa shape index (κ1) is 23.0. The van der Waals surface area contributed by atoms with Crippen LogP contribution in [0, 0.1) is 13.8 Å². The van der Waals surface area contributed by atoms with Crippen LogP contribution in [0.3, 0.4) is 0 Å². The van der Waals surface area contributed by atoms with E-state index >= 15 is 0 Å². The summed E-state index contributed by atoms with van der Waals surface area (Å²) in [6.45, 7) is 9.06. The maximum Gasteiger partial charge on any atom is 0.242 e. The average molecular weight is 413 g/mol. The highest BCUT2D eigenvalue weighted by Crippen LogP contribution is 2.21. The third-order valence-corrected chi connectivity index (χ3v) is 5.98. The van der Waals surface area contributed by atoms with Gasteiger partial charge in [0.25, 0.3) is 0 Å². The van der Waals surface area contributed by atoms with E-state index in [-0.39, 0.29) is 11.8 Å². The second-order valence-corrected chi connectivity index (χ2v) is 8.42. The standard InChI is InChI=1S/C24H32N2O2S/c1-5-6-15-25-24(28)20(4)26(16-21-10-8-7-9-19(21)3)23(27)17-29-22-13-11-18(2)12-14-22/h7-14,20H,5-6,15-17H2,1-4H3,(H,25,28)/t20-/m1/s1. The van der Waals surface area contributed by atoms with E-state index in [2.05, 4.69) is 12.2 Å². The van der Waals surface area contributed by atoms with Gasteiger partial charge in [0.2, 0.25) is 11.8 Å². The summed E-state index contributed by atoms with van der Waals surface area (Å²) in [6, 6.07) is 15.6. The second kappa shape index (κ2) is 11.7. The van der Waals surface area contributed by atoms with Crippen LogP contribution in [-0.2, 0) is 16.1 Å². The number of thioether (sulfide) groups is 1. The van der Waals surface area contributed by atoms with E-state index in [9.17, 15) is 9.59 Å². The van der Waals surface area contributed by atoms with Crippen LogP contribution in [0.15, 0.2) is 53.4 Å². The number of carbonyl (C=O) groups excluding carboxylic acids is 2. The predicted molar refractivity (Wildman–Crippen MR) is 121 cm³/mol. The van der Waals surface area contributed by atoms with Gasteiger partial charge in [0.05, 0.1) is 5.75 Å². The molecule has 4 nitrogen and oxygen atoms in total. The molecule has 156 valence electrons. The Bertz CT molecular complexity index is 805. The molecule has 0 saturated carbocycles. The highest BCUT2D eigenvalue weighted by Gasteiger charge is 2.26. The van der Waals surface area contributed by atoms with Gasteiger partial charge in [-0.1, -0.05) is 55.3 Å². The summed E-state index contributed by atoms with van der Waals surface area (Å²) < 4.78 is 0.